The second-order valence-corrected chi connectivity index (χ2v) is 3.72. The van der Waals surface area contributed by atoms with Gasteiger partial charge in [-0.25, -0.2) is 14.6 Å². The van der Waals surface area contributed by atoms with Crippen molar-refractivity contribution in [3.8, 4) is 5.95 Å². The van der Waals surface area contributed by atoms with Crippen molar-refractivity contribution in [1.29, 1.82) is 0 Å². The molecule has 4 nitrogen and oxygen atoms in total. The van der Waals surface area contributed by atoms with Crippen LogP contribution in [0.3, 0.4) is 0 Å². The fourth-order valence-corrected chi connectivity index (χ4v) is 1.53. The van der Waals surface area contributed by atoms with E-state index in [2.05, 4.69) is 15.1 Å². The van der Waals surface area contributed by atoms with E-state index in [9.17, 15) is 0 Å². The van der Waals surface area contributed by atoms with Crippen LogP contribution in [0.25, 0.3) is 5.95 Å². The second kappa shape index (κ2) is 4.16. The summed E-state index contributed by atoms with van der Waals surface area (Å²) in [7, 11) is 0. The summed E-state index contributed by atoms with van der Waals surface area (Å²) < 4.78 is 1.52. The van der Waals surface area contributed by atoms with Gasteiger partial charge in [0.05, 0.1) is 23.3 Å². The molecule has 2 rings (SSSR count). The van der Waals surface area contributed by atoms with Gasteiger partial charge in [-0.2, -0.15) is 5.10 Å². The van der Waals surface area contributed by atoms with E-state index in [0.717, 1.165) is 11.3 Å². The molecule has 0 aliphatic heterocycles. The van der Waals surface area contributed by atoms with E-state index in [4.69, 9.17) is 23.2 Å². The Labute approximate surface area is 96.9 Å². The van der Waals surface area contributed by atoms with Crippen LogP contribution in [0.4, 0.5) is 0 Å². The quantitative estimate of drug-likeness (QED) is 0.760. The highest BCUT2D eigenvalue weighted by Crippen LogP contribution is 2.11. The lowest BCUT2D eigenvalue weighted by Gasteiger charge is -2.03. The van der Waals surface area contributed by atoms with Crippen molar-refractivity contribution in [2.24, 2.45) is 0 Å². The summed E-state index contributed by atoms with van der Waals surface area (Å²) in [6, 6.07) is 0. The number of nitrogens with zero attached hydrogens (tertiary/aromatic N) is 4. The van der Waals surface area contributed by atoms with Gasteiger partial charge < -0.3 is 0 Å². The number of aryl methyl sites for hydroxylation is 1. The molecule has 0 N–H and O–H groups in total. The lowest BCUT2D eigenvalue weighted by atomic mass is 10.3. The molecule has 0 spiro atoms. The smallest absolute Gasteiger partial charge is 0.219 e. The molecule has 0 aliphatic rings. The maximum absolute atomic E-state index is 5.75. The molecule has 0 aromatic carbocycles. The van der Waals surface area contributed by atoms with Gasteiger partial charge in [0, 0.05) is 17.5 Å². The lowest BCUT2D eigenvalue weighted by Crippen LogP contribution is -2.04. The summed E-state index contributed by atoms with van der Waals surface area (Å²) in [6.07, 6.45) is 4.88. The average Bonchev–Trinajstić information content (AvgIpc) is 2.65. The molecule has 2 heterocycles. The Morgan fingerprint density at radius 2 is 2.20 bits per heavy atom. The first-order valence-corrected chi connectivity index (χ1v) is 5.21. The van der Waals surface area contributed by atoms with Crippen molar-refractivity contribution in [2.75, 3.05) is 0 Å². The number of hydrogen-bond acceptors (Lipinski definition) is 3. The van der Waals surface area contributed by atoms with Crippen LogP contribution >= 0.6 is 23.2 Å². The Kier molecular flexibility index (Phi) is 2.88. The summed E-state index contributed by atoms with van der Waals surface area (Å²) >= 11 is 11.5. The van der Waals surface area contributed by atoms with Gasteiger partial charge >= 0.3 is 0 Å². The van der Waals surface area contributed by atoms with Crippen LogP contribution in [0.5, 0.6) is 0 Å². The van der Waals surface area contributed by atoms with Gasteiger partial charge in [0.1, 0.15) is 0 Å². The largest absolute Gasteiger partial charge is 0.250 e. The molecule has 78 valence electrons. The first-order chi connectivity index (χ1) is 7.20. The van der Waals surface area contributed by atoms with Gasteiger partial charge in [-0.3, -0.25) is 0 Å². The third kappa shape index (κ3) is 2.11. The SMILES string of the molecule is Cc1nc(-n2cc(Cl)cn2)ncc1CCl. The van der Waals surface area contributed by atoms with Gasteiger partial charge in [0.15, 0.2) is 0 Å². The summed E-state index contributed by atoms with van der Waals surface area (Å²) in [5.41, 5.74) is 1.76. The van der Waals surface area contributed by atoms with E-state index in [0.29, 0.717) is 16.9 Å². The standard InChI is InChI=1S/C9H8Cl2N4/c1-6-7(2-10)3-12-9(14-6)15-5-8(11)4-13-15/h3-5H,2H2,1H3. The van der Waals surface area contributed by atoms with E-state index in [1.807, 2.05) is 6.92 Å². The number of aromatic nitrogens is 4. The summed E-state index contributed by atoms with van der Waals surface area (Å²) in [6.45, 7) is 1.88. The van der Waals surface area contributed by atoms with Crippen LogP contribution in [0.15, 0.2) is 18.6 Å². The highest BCUT2D eigenvalue weighted by atomic mass is 35.5. The molecule has 0 radical (unpaired) electrons. The molecule has 15 heavy (non-hydrogen) atoms. The van der Waals surface area contributed by atoms with Crippen molar-refractivity contribution in [3.05, 3.63) is 34.9 Å². The van der Waals surface area contributed by atoms with E-state index < -0.39 is 0 Å². The van der Waals surface area contributed by atoms with Gasteiger partial charge in [-0.05, 0) is 6.92 Å². The Balaban J connectivity index is 2.42. The molecule has 0 aliphatic carbocycles. The summed E-state index contributed by atoms with van der Waals surface area (Å²) in [5, 5.41) is 4.56. The Morgan fingerprint density at radius 3 is 2.73 bits per heavy atom. The first kappa shape index (κ1) is 10.4. The minimum absolute atomic E-state index is 0.409. The van der Waals surface area contributed by atoms with Crippen LogP contribution in [0, 0.1) is 6.92 Å². The molecule has 0 fully saturated rings. The predicted octanol–water partition coefficient (Wildman–Crippen LogP) is 2.36. The molecule has 0 unspecified atom stereocenters. The molecule has 6 heteroatoms. The van der Waals surface area contributed by atoms with Crippen LogP contribution < -0.4 is 0 Å². The molecular formula is C9H8Cl2N4. The first-order valence-electron chi connectivity index (χ1n) is 4.29. The van der Waals surface area contributed by atoms with Crippen LogP contribution in [0.2, 0.25) is 5.02 Å². The lowest BCUT2D eigenvalue weighted by molar-refractivity contribution is 0.796. The van der Waals surface area contributed by atoms with Crippen LogP contribution in [-0.4, -0.2) is 19.7 Å². The molecule has 0 saturated carbocycles. The van der Waals surface area contributed by atoms with Gasteiger partial charge in [0.25, 0.3) is 5.95 Å². The maximum atomic E-state index is 5.75. The highest BCUT2D eigenvalue weighted by molar-refractivity contribution is 6.30. The average molecular weight is 243 g/mol. The number of hydrogen-bond donors (Lipinski definition) is 0. The van der Waals surface area contributed by atoms with Crippen molar-refractivity contribution in [3.63, 3.8) is 0 Å². The molecule has 2 aromatic heterocycles. The zero-order chi connectivity index (χ0) is 10.8. The maximum Gasteiger partial charge on any atom is 0.250 e. The molecule has 0 saturated heterocycles. The zero-order valence-corrected chi connectivity index (χ0v) is 9.50. The minimum atomic E-state index is 0.409. The van der Waals surface area contributed by atoms with Crippen LogP contribution in [-0.2, 0) is 5.88 Å². The molecule has 0 amide bonds. The van der Waals surface area contributed by atoms with Crippen molar-refractivity contribution in [1.82, 2.24) is 19.7 Å². The van der Waals surface area contributed by atoms with E-state index in [1.54, 1.807) is 12.4 Å². The normalized spacial score (nSPS) is 10.6. The van der Waals surface area contributed by atoms with Crippen molar-refractivity contribution >= 4 is 23.2 Å². The minimum Gasteiger partial charge on any atom is -0.219 e. The Hall–Kier alpha value is -1.13. The third-order valence-electron chi connectivity index (χ3n) is 1.97. The third-order valence-corrected chi connectivity index (χ3v) is 2.45. The van der Waals surface area contributed by atoms with Gasteiger partial charge in [0.2, 0.25) is 0 Å². The summed E-state index contributed by atoms with van der Waals surface area (Å²) in [4.78, 5) is 8.41. The molecule has 2 aromatic rings. The number of rotatable bonds is 2. The predicted molar refractivity (Wildman–Crippen MR) is 58.5 cm³/mol. The topological polar surface area (TPSA) is 43.6 Å². The monoisotopic (exact) mass is 242 g/mol. The highest BCUT2D eigenvalue weighted by Gasteiger charge is 2.05. The van der Waals surface area contributed by atoms with Crippen LogP contribution in [0.1, 0.15) is 11.3 Å². The Bertz CT molecular complexity index is 481. The molecular weight excluding hydrogens is 235 g/mol. The number of halogens is 2. The second-order valence-electron chi connectivity index (χ2n) is 3.02. The Morgan fingerprint density at radius 1 is 1.40 bits per heavy atom. The summed E-state index contributed by atoms with van der Waals surface area (Å²) in [5.74, 6) is 0.902. The van der Waals surface area contributed by atoms with Gasteiger partial charge in [-0.1, -0.05) is 11.6 Å². The fraction of sp³-hybridized carbons (Fsp3) is 0.222. The van der Waals surface area contributed by atoms with Gasteiger partial charge in [-0.15, -0.1) is 11.6 Å². The van der Waals surface area contributed by atoms with Crippen molar-refractivity contribution in [2.45, 2.75) is 12.8 Å². The van der Waals surface area contributed by atoms with E-state index >= 15 is 0 Å². The van der Waals surface area contributed by atoms with E-state index in [1.165, 1.54) is 10.9 Å². The number of alkyl halides is 1. The zero-order valence-electron chi connectivity index (χ0n) is 7.98. The fourth-order valence-electron chi connectivity index (χ4n) is 1.13. The van der Waals surface area contributed by atoms with Crippen molar-refractivity contribution < 1.29 is 0 Å². The molecule has 0 atom stereocenters. The van der Waals surface area contributed by atoms with E-state index in [-0.39, 0.29) is 0 Å². The molecule has 0 bridgehead atoms.